The predicted molar refractivity (Wildman–Crippen MR) is 148 cm³/mol. The minimum Gasteiger partial charge on any atom is -0.466 e. The molecule has 1 rings (SSSR count). The van der Waals surface area contributed by atoms with E-state index in [2.05, 4.69) is 10.6 Å². The molecule has 0 heterocycles. The number of benzene rings is 1. The maximum atomic E-state index is 14.1. The van der Waals surface area contributed by atoms with Gasteiger partial charge >= 0.3 is 12.1 Å². The van der Waals surface area contributed by atoms with Gasteiger partial charge in [-0.05, 0) is 77.0 Å². The lowest BCUT2D eigenvalue weighted by molar-refractivity contribution is -0.144. The Kier molecular flexibility index (Phi) is 13.3. The van der Waals surface area contributed by atoms with E-state index in [0.717, 1.165) is 16.7 Å². The second-order valence-electron chi connectivity index (χ2n) is 10.9. The number of esters is 1. The van der Waals surface area contributed by atoms with Crippen molar-refractivity contribution < 1.29 is 28.7 Å². The Morgan fingerprint density at radius 1 is 1.03 bits per heavy atom. The third-order valence-corrected chi connectivity index (χ3v) is 5.75. The zero-order valence-corrected chi connectivity index (χ0v) is 24.6. The van der Waals surface area contributed by atoms with Gasteiger partial charge in [-0.1, -0.05) is 39.0 Å². The number of nitrogens with one attached hydrogen (secondary N) is 2. The molecule has 0 saturated carbocycles. The summed E-state index contributed by atoms with van der Waals surface area (Å²) in [7, 11) is 0. The van der Waals surface area contributed by atoms with Gasteiger partial charge in [0.1, 0.15) is 17.7 Å². The maximum Gasteiger partial charge on any atom is 0.408 e. The van der Waals surface area contributed by atoms with Gasteiger partial charge in [0.25, 0.3) is 0 Å². The van der Waals surface area contributed by atoms with Gasteiger partial charge in [-0.3, -0.25) is 14.4 Å². The van der Waals surface area contributed by atoms with Crippen LogP contribution < -0.4 is 10.6 Å². The minimum atomic E-state index is -0.944. The van der Waals surface area contributed by atoms with Crippen molar-refractivity contribution >= 4 is 23.9 Å². The standard InChI is InChI=1S/C29H47N3O6/c1-10-17-32(27(35)22(18-19(3)4)31-28(36)38-29(7,8)9)25(24-20(5)13-12-14-21(24)6)26(34)30-16-15-23(33)37-11-2/h12-14,19,22,25H,10-11,15-18H2,1-9H3,(H,30,34)(H,31,36). The first-order valence-electron chi connectivity index (χ1n) is 13.5. The molecular weight excluding hydrogens is 486 g/mol. The van der Waals surface area contributed by atoms with Crippen molar-refractivity contribution in [1.29, 1.82) is 0 Å². The van der Waals surface area contributed by atoms with Crippen LogP contribution in [0.15, 0.2) is 18.2 Å². The number of carbonyl (C=O) groups is 4. The molecule has 0 spiro atoms. The zero-order chi connectivity index (χ0) is 29.0. The molecule has 0 fully saturated rings. The van der Waals surface area contributed by atoms with Gasteiger partial charge in [0.2, 0.25) is 11.8 Å². The molecule has 0 saturated heterocycles. The Hall–Kier alpha value is -3.10. The summed E-state index contributed by atoms with van der Waals surface area (Å²) in [5.41, 5.74) is 1.73. The van der Waals surface area contributed by atoms with Crippen LogP contribution in [0.5, 0.6) is 0 Å². The molecule has 1 aromatic carbocycles. The number of alkyl carbamates (subject to hydrolysis) is 1. The largest absolute Gasteiger partial charge is 0.466 e. The molecule has 2 N–H and O–H groups in total. The third kappa shape index (κ3) is 10.7. The summed E-state index contributed by atoms with van der Waals surface area (Å²) in [5.74, 6) is -1.07. The van der Waals surface area contributed by atoms with Crippen molar-refractivity contribution in [1.82, 2.24) is 15.5 Å². The monoisotopic (exact) mass is 533 g/mol. The first-order chi connectivity index (χ1) is 17.7. The van der Waals surface area contributed by atoms with Crippen molar-refractivity contribution in [3.63, 3.8) is 0 Å². The highest BCUT2D eigenvalue weighted by Gasteiger charge is 2.37. The van der Waals surface area contributed by atoms with E-state index < -0.39 is 35.7 Å². The van der Waals surface area contributed by atoms with Gasteiger partial charge in [0.15, 0.2) is 0 Å². The molecule has 214 valence electrons. The fraction of sp³-hybridized carbons (Fsp3) is 0.655. The van der Waals surface area contributed by atoms with E-state index in [1.165, 1.54) is 0 Å². The number of hydrogen-bond acceptors (Lipinski definition) is 6. The highest BCUT2D eigenvalue weighted by Crippen LogP contribution is 2.29. The fourth-order valence-electron chi connectivity index (χ4n) is 4.26. The van der Waals surface area contributed by atoms with Crippen LogP contribution in [0.3, 0.4) is 0 Å². The van der Waals surface area contributed by atoms with Crippen LogP contribution in [0.2, 0.25) is 0 Å². The number of hydrogen-bond donors (Lipinski definition) is 2. The Balaban J connectivity index is 3.45. The number of amides is 3. The van der Waals surface area contributed by atoms with Crippen LogP contribution >= 0.6 is 0 Å². The number of aryl methyl sites for hydroxylation is 2. The van der Waals surface area contributed by atoms with Crippen molar-refractivity contribution in [2.45, 2.75) is 99.3 Å². The quantitative estimate of drug-likeness (QED) is 0.359. The Labute approximate surface area is 228 Å². The van der Waals surface area contributed by atoms with Gasteiger partial charge in [-0.25, -0.2) is 4.79 Å². The van der Waals surface area contributed by atoms with Gasteiger partial charge < -0.3 is 25.0 Å². The Morgan fingerprint density at radius 3 is 2.13 bits per heavy atom. The van der Waals surface area contributed by atoms with E-state index in [1.54, 1.807) is 32.6 Å². The Morgan fingerprint density at radius 2 is 1.63 bits per heavy atom. The number of rotatable bonds is 13. The first-order valence-corrected chi connectivity index (χ1v) is 13.5. The summed E-state index contributed by atoms with van der Waals surface area (Å²) in [4.78, 5) is 53.8. The number of nitrogens with zero attached hydrogens (tertiary/aromatic N) is 1. The normalized spacial score (nSPS) is 12.9. The third-order valence-electron chi connectivity index (χ3n) is 5.75. The smallest absolute Gasteiger partial charge is 0.408 e. The van der Waals surface area contributed by atoms with Crippen LogP contribution in [-0.4, -0.2) is 60.1 Å². The molecule has 0 aromatic heterocycles. The van der Waals surface area contributed by atoms with Gasteiger partial charge in [-0.2, -0.15) is 0 Å². The second-order valence-corrected chi connectivity index (χ2v) is 10.9. The summed E-state index contributed by atoms with van der Waals surface area (Å²) in [6, 6.07) is 3.89. The first kappa shape index (κ1) is 32.9. The molecule has 3 amide bonds. The van der Waals surface area contributed by atoms with E-state index in [1.807, 2.05) is 52.8 Å². The summed E-state index contributed by atoms with van der Waals surface area (Å²) < 4.78 is 10.4. The highest BCUT2D eigenvalue weighted by molar-refractivity contribution is 5.92. The average Bonchev–Trinajstić information content (AvgIpc) is 2.78. The van der Waals surface area contributed by atoms with E-state index in [4.69, 9.17) is 9.47 Å². The summed E-state index contributed by atoms with van der Waals surface area (Å²) in [6.45, 7) is 17.3. The maximum absolute atomic E-state index is 14.1. The molecule has 0 bridgehead atoms. The molecule has 2 unspecified atom stereocenters. The molecule has 9 nitrogen and oxygen atoms in total. The van der Waals surface area contributed by atoms with Crippen molar-refractivity contribution in [3.05, 3.63) is 34.9 Å². The molecule has 1 aromatic rings. The van der Waals surface area contributed by atoms with Gasteiger partial charge in [-0.15, -0.1) is 0 Å². The molecule has 38 heavy (non-hydrogen) atoms. The molecule has 0 aliphatic carbocycles. The summed E-state index contributed by atoms with van der Waals surface area (Å²) in [5, 5.41) is 5.57. The van der Waals surface area contributed by atoms with E-state index in [-0.39, 0.29) is 31.4 Å². The van der Waals surface area contributed by atoms with Crippen LogP contribution in [0.25, 0.3) is 0 Å². The average molecular weight is 534 g/mol. The van der Waals surface area contributed by atoms with Crippen LogP contribution in [0.4, 0.5) is 4.79 Å². The molecule has 0 radical (unpaired) electrons. The number of carbonyl (C=O) groups excluding carboxylic acids is 4. The van der Waals surface area contributed by atoms with E-state index in [9.17, 15) is 19.2 Å². The molecule has 0 aliphatic heterocycles. The van der Waals surface area contributed by atoms with Crippen LogP contribution in [0, 0.1) is 19.8 Å². The van der Waals surface area contributed by atoms with Crippen LogP contribution in [0.1, 0.15) is 90.5 Å². The SMILES string of the molecule is CCCN(C(=O)C(CC(C)C)NC(=O)OC(C)(C)C)C(C(=O)NCCC(=O)OCC)c1c(C)cccc1C. The highest BCUT2D eigenvalue weighted by atomic mass is 16.6. The van der Waals surface area contributed by atoms with Crippen LogP contribution in [-0.2, 0) is 23.9 Å². The van der Waals surface area contributed by atoms with E-state index >= 15 is 0 Å². The van der Waals surface area contributed by atoms with Crippen molar-refractivity contribution in [2.24, 2.45) is 5.92 Å². The molecule has 0 aliphatic rings. The Bertz CT molecular complexity index is 934. The van der Waals surface area contributed by atoms with Gasteiger partial charge in [0, 0.05) is 13.1 Å². The molecule has 9 heteroatoms. The van der Waals surface area contributed by atoms with Gasteiger partial charge in [0.05, 0.1) is 13.0 Å². The summed E-state index contributed by atoms with van der Waals surface area (Å²) >= 11 is 0. The second kappa shape index (κ2) is 15.3. The lowest BCUT2D eigenvalue weighted by Crippen LogP contribution is -2.54. The lowest BCUT2D eigenvalue weighted by Gasteiger charge is -2.36. The fourth-order valence-corrected chi connectivity index (χ4v) is 4.26. The van der Waals surface area contributed by atoms with Crippen molar-refractivity contribution in [2.75, 3.05) is 19.7 Å². The lowest BCUT2D eigenvalue weighted by atomic mass is 9.93. The van der Waals surface area contributed by atoms with Crippen molar-refractivity contribution in [3.8, 4) is 0 Å². The summed E-state index contributed by atoms with van der Waals surface area (Å²) in [6.07, 6.45) is 0.319. The number of ether oxygens (including phenoxy) is 2. The topological polar surface area (TPSA) is 114 Å². The molecular formula is C29H47N3O6. The predicted octanol–water partition coefficient (Wildman–Crippen LogP) is 4.59. The van der Waals surface area contributed by atoms with E-state index in [0.29, 0.717) is 19.4 Å². The minimum absolute atomic E-state index is 0.0248. The zero-order valence-electron chi connectivity index (χ0n) is 24.6. The molecule has 2 atom stereocenters.